The number of rotatable bonds is 6. The van der Waals surface area contributed by atoms with E-state index in [9.17, 15) is 4.79 Å². The third kappa shape index (κ3) is 4.26. The van der Waals surface area contributed by atoms with Crippen molar-refractivity contribution < 1.29 is 13.9 Å². The monoisotopic (exact) mass is 385 g/mol. The van der Waals surface area contributed by atoms with Gasteiger partial charge in [-0.05, 0) is 57.9 Å². The fourth-order valence-electron chi connectivity index (χ4n) is 2.21. The highest BCUT2D eigenvalue weighted by molar-refractivity contribution is 9.10. The van der Waals surface area contributed by atoms with E-state index in [1.54, 1.807) is 18.4 Å². The molecule has 0 fully saturated rings. The van der Waals surface area contributed by atoms with Crippen LogP contribution in [0.3, 0.4) is 0 Å². The van der Waals surface area contributed by atoms with Gasteiger partial charge in [0.2, 0.25) is 0 Å². The molecule has 3 aromatic rings. The normalized spacial score (nSPS) is 10.4. The molecule has 0 aliphatic heterocycles. The van der Waals surface area contributed by atoms with Crippen LogP contribution in [0.15, 0.2) is 75.8 Å². The maximum Gasteiger partial charge on any atom is 0.251 e. The van der Waals surface area contributed by atoms with Gasteiger partial charge in [-0.3, -0.25) is 4.79 Å². The Labute approximate surface area is 148 Å². The molecule has 0 unspecified atom stereocenters. The number of amides is 1. The number of nitrogens with one attached hydrogen (secondary N) is 1. The standard InChI is InChI=1S/C19H16BrNO3/c20-17-8-1-2-9-18(17)24-13-14-5-3-6-15(11-14)19(22)21-12-16-7-4-10-23-16/h1-11H,12-13H2,(H,21,22). The number of carbonyl (C=O) groups is 1. The summed E-state index contributed by atoms with van der Waals surface area (Å²) >= 11 is 3.45. The van der Waals surface area contributed by atoms with Crippen molar-refractivity contribution in [1.29, 1.82) is 0 Å². The molecule has 0 bridgehead atoms. The molecular formula is C19H16BrNO3. The van der Waals surface area contributed by atoms with Gasteiger partial charge in [0.25, 0.3) is 5.91 Å². The molecule has 0 radical (unpaired) electrons. The van der Waals surface area contributed by atoms with Crippen molar-refractivity contribution in [2.75, 3.05) is 0 Å². The summed E-state index contributed by atoms with van der Waals surface area (Å²) in [4.78, 5) is 12.2. The minimum Gasteiger partial charge on any atom is -0.488 e. The number of para-hydroxylation sites is 1. The Morgan fingerprint density at radius 2 is 1.96 bits per heavy atom. The summed E-state index contributed by atoms with van der Waals surface area (Å²) in [7, 11) is 0. The Balaban J connectivity index is 1.61. The maximum absolute atomic E-state index is 12.2. The molecular weight excluding hydrogens is 370 g/mol. The van der Waals surface area contributed by atoms with Gasteiger partial charge in [-0.25, -0.2) is 0 Å². The SMILES string of the molecule is O=C(NCc1ccco1)c1cccc(COc2ccccc2Br)c1. The maximum atomic E-state index is 12.2. The van der Waals surface area contributed by atoms with Crippen LogP contribution >= 0.6 is 15.9 Å². The number of hydrogen-bond donors (Lipinski definition) is 1. The molecule has 0 atom stereocenters. The molecule has 0 spiro atoms. The molecule has 0 saturated heterocycles. The lowest BCUT2D eigenvalue weighted by Gasteiger charge is -2.09. The van der Waals surface area contributed by atoms with Gasteiger partial charge in [0, 0.05) is 5.56 Å². The number of halogens is 1. The van der Waals surface area contributed by atoms with Crippen LogP contribution in [0, 0.1) is 0 Å². The first kappa shape index (κ1) is 16.3. The smallest absolute Gasteiger partial charge is 0.251 e. The van der Waals surface area contributed by atoms with Crippen molar-refractivity contribution in [2.45, 2.75) is 13.2 Å². The number of ether oxygens (including phenoxy) is 1. The Bertz CT molecular complexity index is 815. The van der Waals surface area contributed by atoms with Crippen molar-refractivity contribution in [3.05, 3.63) is 88.3 Å². The van der Waals surface area contributed by atoms with Crippen LogP contribution in [0.4, 0.5) is 0 Å². The Kier molecular flexibility index (Phi) is 5.33. The lowest BCUT2D eigenvalue weighted by atomic mass is 10.1. The van der Waals surface area contributed by atoms with Gasteiger partial charge in [0.15, 0.2) is 0 Å². The molecule has 0 aliphatic carbocycles. The molecule has 3 rings (SSSR count). The van der Waals surface area contributed by atoms with Crippen LogP contribution in [-0.2, 0) is 13.2 Å². The van der Waals surface area contributed by atoms with Gasteiger partial charge in [-0.2, -0.15) is 0 Å². The van der Waals surface area contributed by atoms with E-state index in [1.807, 2.05) is 48.5 Å². The molecule has 2 aromatic carbocycles. The van der Waals surface area contributed by atoms with E-state index in [-0.39, 0.29) is 5.91 Å². The fourth-order valence-corrected chi connectivity index (χ4v) is 2.61. The molecule has 1 amide bonds. The van der Waals surface area contributed by atoms with E-state index in [0.29, 0.717) is 18.7 Å². The zero-order valence-corrected chi connectivity index (χ0v) is 14.5. The summed E-state index contributed by atoms with van der Waals surface area (Å²) in [6.45, 7) is 0.755. The summed E-state index contributed by atoms with van der Waals surface area (Å²) in [6, 6.07) is 18.7. The second kappa shape index (κ2) is 7.84. The summed E-state index contributed by atoms with van der Waals surface area (Å²) in [6.07, 6.45) is 1.58. The fraction of sp³-hybridized carbons (Fsp3) is 0.105. The van der Waals surface area contributed by atoms with Crippen molar-refractivity contribution in [3.8, 4) is 5.75 Å². The second-order valence-electron chi connectivity index (χ2n) is 5.18. The number of hydrogen-bond acceptors (Lipinski definition) is 3. The molecule has 1 N–H and O–H groups in total. The van der Waals surface area contributed by atoms with Crippen LogP contribution in [0.1, 0.15) is 21.7 Å². The number of benzene rings is 2. The van der Waals surface area contributed by atoms with E-state index >= 15 is 0 Å². The summed E-state index contributed by atoms with van der Waals surface area (Å²) < 4.78 is 11.9. The van der Waals surface area contributed by atoms with Crippen molar-refractivity contribution in [3.63, 3.8) is 0 Å². The van der Waals surface area contributed by atoms with E-state index in [4.69, 9.17) is 9.15 Å². The molecule has 0 saturated carbocycles. The lowest BCUT2D eigenvalue weighted by Crippen LogP contribution is -2.22. The van der Waals surface area contributed by atoms with Crippen molar-refractivity contribution >= 4 is 21.8 Å². The molecule has 1 aromatic heterocycles. The highest BCUT2D eigenvalue weighted by atomic mass is 79.9. The molecule has 0 aliphatic rings. The first-order valence-corrected chi connectivity index (χ1v) is 8.28. The minimum absolute atomic E-state index is 0.144. The zero-order chi connectivity index (χ0) is 16.8. The topological polar surface area (TPSA) is 51.5 Å². The zero-order valence-electron chi connectivity index (χ0n) is 12.9. The van der Waals surface area contributed by atoms with Crippen LogP contribution in [-0.4, -0.2) is 5.91 Å². The molecule has 4 nitrogen and oxygen atoms in total. The highest BCUT2D eigenvalue weighted by Crippen LogP contribution is 2.24. The first-order valence-electron chi connectivity index (χ1n) is 7.49. The van der Waals surface area contributed by atoms with Crippen LogP contribution in [0.5, 0.6) is 5.75 Å². The van der Waals surface area contributed by atoms with Gasteiger partial charge in [0.1, 0.15) is 18.1 Å². The average molecular weight is 386 g/mol. The lowest BCUT2D eigenvalue weighted by molar-refractivity contribution is 0.0948. The van der Waals surface area contributed by atoms with E-state index < -0.39 is 0 Å². The number of furan rings is 1. The molecule has 24 heavy (non-hydrogen) atoms. The Hall–Kier alpha value is -2.53. The van der Waals surface area contributed by atoms with Gasteiger partial charge >= 0.3 is 0 Å². The molecule has 122 valence electrons. The predicted octanol–water partition coefficient (Wildman–Crippen LogP) is 4.55. The Morgan fingerprint density at radius 3 is 2.75 bits per heavy atom. The third-order valence-electron chi connectivity index (χ3n) is 3.42. The summed E-state index contributed by atoms with van der Waals surface area (Å²) in [5, 5.41) is 2.83. The average Bonchev–Trinajstić information content (AvgIpc) is 3.13. The van der Waals surface area contributed by atoms with E-state index in [2.05, 4.69) is 21.2 Å². The predicted molar refractivity (Wildman–Crippen MR) is 94.8 cm³/mol. The quantitative estimate of drug-likeness (QED) is 0.676. The summed E-state index contributed by atoms with van der Waals surface area (Å²) in [5.41, 5.74) is 1.52. The third-order valence-corrected chi connectivity index (χ3v) is 4.08. The van der Waals surface area contributed by atoms with Gasteiger partial charge in [0.05, 0.1) is 17.3 Å². The summed E-state index contributed by atoms with van der Waals surface area (Å²) in [5.74, 6) is 1.34. The van der Waals surface area contributed by atoms with Crippen molar-refractivity contribution in [1.82, 2.24) is 5.32 Å². The van der Waals surface area contributed by atoms with Crippen molar-refractivity contribution in [2.24, 2.45) is 0 Å². The highest BCUT2D eigenvalue weighted by Gasteiger charge is 2.08. The van der Waals surface area contributed by atoms with Crippen LogP contribution in [0.2, 0.25) is 0 Å². The Morgan fingerprint density at radius 1 is 1.08 bits per heavy atom. The van der Waals surface area contributed by atoms with E-state index in [1.165, 1.54) is 0 Å². The van der Waals surface area contributed by atoms with Gasteiger partial charge < -0.3 is 14.5 Å². The minimum atomic E-state index is -0.144. The van der Waals surface area contributed by atoms with E-state index in [0.717, 1.165) is 21.5 Å². The second-order valence-corrected chi connectivity index (χ2v) is 6.04. The van der Waals surface area contributed by atoms with Crippen LogP contribution in [0.25, 0.3) is 0 Å². The van der Waals surface area contributed by atoms with Crippen LogP contribution < -0.4 is 10.1 Å². The van der Waals surface area contributed by atoms with Gasteiger partial charge in [-0.1, -0.05) is 24.3 Å². The number of carbonyl (C=O) groups excluding carboxylic acids is 1. The van der Waals surface area contributed by atoms with Gasteiger partial charge in [-0.15, -0.1) is 0 Å². The molecule has 5 heteroatoms. The largest absolute Gasteiger partial charge is 0.488 e. The first-order chi connectivity index (χ1) is 11.7. The molecule has 1 heterocycles.